The maximum Gasteiger partial charge on any atom is 0.197 e. The molecule has 0 unspecified atom stereocenters. The summed E-state index contributed by atoms with van der Waals surface area (Å²) in [6.45, 7) is 0. The van der Waals surface area contributed by atoms with Crippen LogP contribution < -0.4 is 5.43 Å². The van der Waals surface area contributed by atoms with Gasteiger partial charge in [0.25, 0.3) is 0 Å². The number of rotatable bonds is 3. The number of benzene rings is 2. The smallest absolute Gasteiger partial charge is 0.197 e. The van der Waals surface area contributed by atoms with Crippen molar-refractivity contribution in [1.82, 2.24) is 9.97 Å². The molecule has 2 aromatic carbocycles. The van der Waals surface area contributed by atoms with Crippen LogP contribution in [-0.2, 0) is 0 Å². The number of phenolic OH excluding ortho intramolecular Hbond substituents is 1. The van der Waals surface area contributed by atoms with E-state index >= 15 is 0 Å². The van der Waals surface area contributed by atoms with Gasteiger partial charge in [0.2, 0.25) is 0 Å². The second kappa shape index (κ2) is 6.45. The number of aromatic hydroxyl groups is 1. The zero-order chi connectivity index (χ0) is 17.4. The van der Waals surface area contributed by atoms with E-state index in [0.29, 0.717) is 21.4 Å². The minimum atomic E-state index is 0.102. The van der Waals surface area contributed by atoms with Crippen LogP contribution in [0.3, 0.4) is 0 Å². The van der Waals surface area contributed by atoms with E-state index in [1.165, 1.54) is 12.5 Å². The first-order valence-corrected chi connectivity index (χ1v) is 8.81. The van der Waals surface area contributed by atoms with Crippen molar-refractivity contribution in [2.75, 3.05) is 5.43 Å². The lowest BCUT2D eigenvalue weighted by Gasteiger charge is -2.03. The van der Waals surface area contributed by atoms with Crippen molar-refractivity contribution >= 4 is 66.0 Å². The van der Waals surface area contributed by atoms with Crippen LogP contribution in [0, 0.1) is 0 Å². The van der Waals surface area contributed by atoms with Gasteiger partial charge in [-0.15, -0.1) is 0 Å². The van der Waals surface area contributed by atoms with Crippen molar-refractivity contribution in [1.29, 1.82) is 0 Å². The number of hydrogen-bond acceptors (Lipinski definition) is 6. The Morgan fingerprint density at radius 3 is 2.88 bits per heavy atom. The van der Waals surface area contributed by atoms with Gasteiger partial charge in [0.05, 0.1) is 10.7 Å². The lowest BCUT2D eigenvalue weighted by molar-refractivity contribution is 0.471. The van der Waals surface area contributed by atoms with E-state index < -0.39 is 0 Å². The molecule has 0 aliphatic rings. The fraction of sp³-hybridized carbons (Fsp3) is 0. The van der Waals surface area contributed by atoms with Crippen molar-refractivity contribution in [3.8, 4) is 5.75 Å². The highest BCUT2D eigenvalue weighted by Crippen LogP contribution is 2.31. The van der Waals surface area contributed by atoms with Gasteiger partial charge in [-0.1, -0.05) is 28.1 Å². The van der Waals surface area contributed by atoms with Gasteiger partial charge in [0.15, 0.2) is 11.4 Å². The minimum Gasteiger partial charge on any atom is -0.506 e. The van der Waals surface area contributed by atoms with Gasteiger partial charge in [-0.2, -0.15) is 5.10 Å². The third-order valence-corrected chi connectivity index (χ3v) is 4.65. The molecule has 6 nitrogen and oxygen atoms in total. The number of aromatic nitrogens is 2. The lowest BCUT2D eigenvalue weighted by Crippen LogP contribution is -1.95. The highest BCUT2D eigenvalue weighted by molar-refractivity contribution is 9.11. The number of anilines is 1. The Bertz CT molecular complexity index is 1120. The molecule has 0 spiro atoms. The molecular formula is C17H10Br2N4O2. The predicted molar refractivity (Wildman–Crippen MR) is 104 cm³/mol. The molecule has 4 rings (SSSR count). The molecule has 2 aromatic heterocycles. The molecule has 0 bridgehead atoms. The highest BCUT2D eigenvalue weighted by Gasteiger charge is 2.12. The largest absolute Gasteiger partial charge is 0.506 e. The average molecular weight is 462 g/mol. The maximum atomic E-state index is 10.1. The summed E-state index contributed by atoms with van der Waals surface area (Å²) in [4.78, 5) is 8.46. The van der Waals surface area contributed by atoms with E-state index in [2.05, 4.69) is 52.4 Å². The molecule has 0 radical (unpaired) electrons. The number of hydrazone groups is 1. The van der Waals surface area contributed by atoms with Crippen LogP contribution >= 0.6 is 31.9 Å². The van der Waals surface area contributed by atoms with Crippen molar-refractivity contribution < 1.29 is 9.52 Å². The van der Waals surface area contributed by atoms with Crippen LogP contribution in [0.5, 0.6) is 5.75 Å². The second-order valence-electron chi connectivity index (χ2n) is 5.19. The Kier molecular flexibility index (Phi) is 4.14. The zero-order valence-electron chi connectivity index (χ0n) is 12.6. The number of furan rings is 1. The van der Waals surface area contributed by atoms with Crippen LogP contribution in [0.4, 0.5) is 5.82 Å². The van der Waals surface area contributed by atoms with Crippen LogP contribution in [-0.4, -0.2) is 21.3 Å². The molecule has 0 aliphatic carbocycles. The summed E-state index contributed by atoms with van der Waals surface area (Å²) in [5.74, 6) is 0.552. The molecule has 0 amide bonds. The quantitative estimate of drug-likeness (QED) is 0.329. The zero-order valence-corrected chi connectivity index (χ0v) is 15.7. The van der Waals surface area contributed by atoms with Gasteiger partial charge < -0.3 is 9.52 Å². The number of phenols is 1. The summed E-state index contributed by atoms with van der Waals surface area (Å²) in [6.07, 6.45) is 2.96. The van der Waals surface area contributed by atoms with Gasteiger partial charge in [0, 0.05) is 15.4 Å². The first kappa shape index (κ1) is 16.0. The Morgan fingerprint density at radius 1 is 1.16 bits per heavy atom. The van der Waals surface area contributed by atoms with Gasteiger partial charge in [-0.25, -0.2) is 9.97 Å². The van der Waals surface area contributed by atoms with Crippen LogP contribution in [0.2, 0.25) is 0 Å². The number of nitrogens with one attached hydrogen (secondary N) is 1. The highest BCUT2D eigenvalue weighted by atomic mass is 79.9. The normalized spacial score (nSPS) is 11.6. The van der Waals surface area contributed by atoms with Crippen molar-refractivity contribution in [3.05, 3.63) is 57.2 Å². The number of hydrogen-bond donors (Lipinski definition) is 2. The fourth-order valence-electron chi connectivity index (χ4n) is 2.45. The summed E-state index contributed by atoms with van der Waals surface area (Å²) in [5.41, 5.74) is 5.37. The molecule has 0 aliphatic heterocycles. The Hall–Kier alpha value is -2.45. The number of nitrogens with zero attached hydrogens (tertiary/aromatic N) is 3. The minimum absolute atomic E-state index is 0.102. The van der Waals surface area contributed by atoms with Crippen LogP contribution in [0.1, 0.15) is 5.56 Å². The van der Waals surface area contributed by atoms with Gasteiger partial charge >= 0.3 is 0 Å². The molecule has 25 heavy (non-hydrogen) atoms. The van der Waals surface area contributed by atoms with E-state index in [4.69, 9.17) is 4.42 Å². The Balaban J connectivity index is 1.70. The topological polar surface area (TPSA) is 83.5 Å². The molecule has 0 saturated carbocycles. The van der Waals surface area contributed by atoms with Gasteiger partial charge in [0.1, 0.15) is 23.2 Å². The SMILES string of the molecule is Oc1c(Br)cc(Br)cc1C=NNc1ncnc2c1oc1ccccc12. The summed E-state index contributed by atoms with van der Waals surface area (Å²) in [5, 5.41) is 15.1. The van der Waals surface area contributed by atoms with Crippen LogP contribution in [0.25, 0.3) is 22.1 Å². The molecule has 0 fully saturated rings. The number of fused-ring (bicyclic) bond motifs is 3. The first-order chi connectivity index (χ1) is 12.1. The number of halogens is 2. The van der Waals surface area contributed by atoms with Crippen molar-refractivity contribution in [2.45, 2.75) is 0 Å². The molecule has 0 saturated heterocycles. The predicted octanol–water partition coefficient (Wildman–Crippen LogP) is 5.05. The van der Waals surface area contributed by atoms with E-state index in [-0.39, 0.29) is 5.75 Å². The van der Waals surface area contributed by atoms with E-state index in [0.717, 1.165) is 21.0 Å². The van der Waals surface area contributed by atoms with Crippen LogP contribution in [0.15, 0.2) is 61.2 Å². The maximum absolute atomic E-state index is 10.1. The van der Waals surface area contributed by atoms with E-state index in [1.807, 2.05) is 24.3 Å². The molecule has 2 heterocycles. The van der Waals surface area contributed by atoms with Gasteiger partial charge in [-0.3, -0.25) is 5.43 Å². The van der Waals surface area contributed by atoms with Crippen molar-refractivity contribution in [2.24, 2.45) is 5.10 Å². The van der Waals surface area contributed by atoms with Crippen molar-refractivity contribution in [3.63, 3.8) is 0 Å². The monoisotopic (exact) mass is 460 g/mol. The molecule has 124 valence electrons. The third kappa shape index (κ3) is 2.98. The number of para-hydroxylation sites is 1. The molecule has 2 N–H and O–H groups in total. The van der Waals surface area contributed by atoms with Gasteiger partial charge in [-0.05, 0) is 40.2 Å². The average Bonchev–Trinajstić information content (AvgIpc) is 2.99. The third-order valence-electron chi connectivity index (χ3n) is 3.59. The standard InChI is InChI=1S/C17H10Br2N4O2/c18-10-5-9(15(24)12(19)6-10)7-22-23-17-16-14(20-8-21-17)11-3-1-2-4-13(11)25-16/h1-8,24H,(H,20,21,23). The van der Waals surface area contributed by atoms with E-state index in [9.17, 15) is 5.11 Å². The summed E-state index contributed by atoms with van der Waals surface area (Å²) >= 11 is 6.67. The fourth-order valence-corrected chi connectivity index (χ4v) is 3.71. The Morgan fingerprint density at radius 2 is 2.00 bits per heavy atom. The van der Waals surface area contributed by atoms with E-state index in [1.54, 1.807) is 12.1 Å². The summed E-state index contributed by atoms with van der Waals surface area (Å²) < 4.78 is 7.22. The lowest BCUT2D eigenvalue weighted by atomic mass is 10.2. The Labute approximate surface area is 158 Å². The second-order valence-corrected chi connectivity index (χ2v) is 6.96. The first-order valence-electron chi connectivity index (χ1n) is 7.23. The molecule has 8 heteroatoms. The molecule has 4 aromatic rings. The summed E-state index contributed by atoms with van der Waals surface area (Å²) in [7, 11) is 0. The summed E-state index contributed by atoms with van der Waals surface area (Å²) in [6, 6.07) is 11.2. The molecule has 0 atom stereocenters. The molecular weight excluding hydrogens is 452 g/mol.